The van der Waals surface area contributed by atoms with E-state index < -0.39 is 5.60 Å². The van der Waals surface area contributed by atoms with Crippen LogP contribution in [0.2, 0.25) is 0 Å². The van der Waals surface area contributed by atoms with Crippen LogP contribution in [0.25, 0.3) is 10.2 Å². The van der Waals surface area contributed by atoms with Crippen LogP contribution >= 0.6 is 11.3 Å². The number of hydrogen-bond acceptors (Lipinski definition) is 5. The third-order valence-corrected chi connectivity index (χ3v) is 4.38. The summed E-state index contributed by atoms with van der Waals surface area (Å²) in [6.45, 7) is 0.314. The zero-order valence-corrected chi connectivity index (χ0v) is 11.2. The van der Waals surface area contributed by atoms with Gasteiger partial charge in [-0.3, -0.25) is 4.79 Å². The first-order valence-electron chi connectivity index (χ1n) is 6.22. The van der Waals surface area contributed by atoms with E-state index in [9.17, 15) is 9.90 Å². The number of carbonyl (C=O) groups excluding carboxylic acids is 1. The van der Waals surface area contributed by atoms with Crippen LogP contribution in [-0.4, -0.2) is 28.1 Å². The van der Waals surface area contributed by atoms with E-state index in [1.54, 1.807) is 18.2 Å². The molecule has 0 bridgehead atoms. The van der Waals surface area contributed by atoms with Gasteiger partial charge in [0.1, 0.15) is 0 Å². The zero-order chi connectivity index (χ0) is 13.5. The Bertz CT molecular complexity index is 634. The lowest BCUT2D eigenvalue weighted by molar-refractivity contribution is -0.0300. The Kier molecular flexibility index (Phi) is 2.91. The summed E-state index contributed by atoms with van der Waals surface area (Å²) in [7, 11) is 0. The van der Waals surface area contributed by atoms with Crippen LogP contribution in [0.5, 0.6) is 0 Å². The Morgan fingerprint density at radius 3 is 3.00 bits per heavy atom. The number of carbonyl (C=O) groups is 1. The highest BCUT2D eigenvalue weighted by molar-refractivity contribution is 7.22. The molecule has 5 nitrogen and oxygen atoms in total. The average Bonchev–Trinajstić information content (AvgIpc) is 2.72. The molecule has 0 unspecified atom stereocenters. The fourth-order valence-corrected chi connectivity index (χ4v) is 2.97. The van der Waals surface area contributed by atoms with Gasteiger partial charge in [0.25, 0.3) is 5.91 Å². The van der Waals surface area contributed by atoms with Gasteiger partial charge in [0.05, 0.1) is 15.8 Å². The van der Waals surface area contributed by atoms with Crippen LogP contribution in [0.4, 0.5) is 5.13 Å². The van der Waals surface area contributed by atoms with Crippen molar-refractivity contribution in [2.75, 3.05) is 12.3 Å². The number of fused-ring (bicyclic) bond motifs is 1. The molecule has 0 atom stereocenters. The number of anilines is 1. The summed E-state index contributed by atoms with van der Waals surface area (Å²) in [6, 6.07) is 5.29. The van der Waals surface area contributed by atoms with Gasteiger partial charge in [-0.05, 0) is 37.5 Å². The van der Waals surface area contributed by atoms with Crippen LogP contribution < -0.4 is 11.1 Å². The van der Waals surface area contributed by atoms with Crippen LogP contribution in [0.3, 0.4) is 0 Å². The second kappa shape index (κ2) is 4.47. The molecule has 1 aliphatic carbocycles. The number of rotatable bonds is 3. The van der Waals surface area contributed by atoms with Crippen molar-refractivity contribution < 1.29 is 9.90 Å². The molecule has 0 spiro atoms. The standard InChI is InChI=1S/C13H15N3O2S/c14-12-16-9-3-2-8(6-10(9)19-12)11(17)15-7-13(18)4-1-5-13/h2-3,6,18H,1,4-5,7H2,(H2,14,16)(H,15,17). The van der Waals surface area contributed by atoms with Crippen molar-refractivity contribution >= 4 is 32.6 Å². The maximum Gasteiger partial charge on any atom is 0.251 e. The lowest BCUT2D eigenvalue weighted by atomic mass is 9.80. The molecular weight excluding hydrogens is 262 g/mol. The predicted octanol–water partition coefficient (Wildman–Crippen LogP) is 1.52. The summed E-state index contributed by atoms with van der Waals surface area (Å²) in [5, 5.41) is 13.2. The van der Waals surface area contributed by atoms with E-state index in [1.165, 1.54) is 11.3 Å². The third kappa shape index (κ3) is 2.41. The molecule has 1 amide bonds. The number of nitrogen functional groups attached to an aromatic ring is 1. The minimum atomic E-state index is -0.700. The minimum absolute atomic E-state index is 0.172. The molecule has 1 aliphatic rings. The lowest BCUT2D eigenvalue weighted by Crippen LogP contribution is -2.47. The molecule has 19 heavy (non-hydrogen) atoms. The van der Waals surface area contributed by atoms with Crippen LogP contribution in [0.1, 0.15) is 29.6 Å². The summed E-state index contributed by atoms with van der Waals surface area (Å²) in [4.78, 5) is 16.2. The molecule has 1 saturated carbocycles. The van der Waals surface area contributed by atoms with Gasteiger partial charge in [-0.1, -0.05) is 11.3 Å². The van der Waals surface area contributed by atoms with Gasteiger partial charge in [0, 0.05) is 12.1 Å². The molecule has 4 N–H and O–H groups in total. The molecule has 0 radical (unpaired) electrons. The highest BCUT2D eigenvalue weighted by Crippen LogP contribution is 2.30. The number of aliphatic hydroxyl groups is 1. The molecule has 0 aliphatic heterocycles. The van der Waals surface area contributed by atoms with Crippen molar-refractivity contribution in [3.63, 3.8) is 0 Å². The van der Waals surface area contributed by atoms with E-state index in [-0.39, 0.29) is 5.91 Å². The Hall–Kier alpha value is -1.66. The first-order chi connectivity index (χ1) is 9.06. The van der Waals surface area contributed by atoms with Crippen molar-refractivity contribution in [2.45, 2.75) is 24.9 Å². The number of nitrogens with two attached hydrogens (primary N) is 1. The van der Waals surface area contributed by atoms with Crippen molar-refractivity contribution in [3.05, 3.63) is 23.8 Å². The van der Waals surface area contributed by atoms with Gasteiger partial charge in [0.2, 0.25) is 0 Å². The number of hydrogen-bond donors (Lipinski definition) is 3. The number of aromatic nitrogens is 1. The summed E-state index contributed by atoms with van der Waals surface area (Å²) < 4.78 is 0.896. The average molecular weight is 277 g/mol. The van der Waals surface area contributed by atoms with Crippen molar-refractivity contribution in [3.8, 4) is 0 Å². The molecule has 100 valence electrons. The Labute approximate surface area is 114 Å². The molecule has 1 heterocycles. The van der Waals surface area contributed by atoms with E-state index in [4.69, 9.17) is 5.73 Å². The van der Waals surface area contributed by atoms with Crippen molar-refractivity contribution in [1.82, 2.24) is 10.3 Å². The van der Waals surface area contributed by atoms with Crippen LogP contribution in [0, 0.1) is 0 Å². The molecule has 1 aromatic heterocycles. The summed E-state index contributed by atoms with van der Waals surface area (Å²) in [5.41, 5.74) is 6.30. The number of nitrogens with one attached hydrogen (secondary N) is 1. The predicted molar refractivity (Wildman–Crippen MR) is 75.2 cm³/mol. The fourth-order valence-electron chi connectivity index (χ4n) is 2.19. The Morgan fingerprint density at radius 2 is 2.32 bits per heavy atom. The van der Waals surface area contributed by atoms with Crippen LogP contribution in [0.15, 0.2) is 18.2 Å². The van der Waals surface area contributed by atoms with Crippen LogP contribution in [-0.2, 0) is 0 Å². The molecule has 6 heteroatoms. The summed E-state index contributed by atoms with van der Waals surface area (Å²) in [5.74, 6) is -0.172. The van der Waals surface area contributed by atoms with E-state index >= 15 is 0 Å². The number of amides is 1. The molecule has 0 saturated heterocycles. The molecule has 1 aromatic carbocycles. The van der Waals surface area contributed by atoms with E-state index in [1.807, 2.05) is 0 Å². The molecule has 2 aromatic rings. The number of nitrogens with zero attached hydrogens (tertiary/aromatic N) is 1. The van der Waals surface area contributed by atoms with Gasteiger partial charge in [-0.2, -0.15) is 0 Å². The number of thiazole rings is 1. The second-order valence-corrected chi connectivity index (χ2v) is 6.06. The fraction of sp³-hybridized carbons (Fsp3) is 0.385. The summed E-state index contributed by atoms with van der Waals surface area (Å²) in [6.07, 6.45) is 2.55. The van der Waals surface area contributed by atoms with Gasteiger partial charge >= 0.3 is 0 Å². The molecule has 1 fully saturated rings. The van der Waals surface area contributed by atoms with Gasteiger partial charge in [-0.15, -0.1) is 0 Å². The van der Waals surface area contributed by atoms with Crippen molar-refractivity contribution in [2.24, 2.45) is 0 Å². The van der Waals surface area contributed by atoms with E-state index in [0.717, 1.165) is 29.5 Å². The zero-order valence-electron chi connectivity index (χ0n) is 10.3. The van der Waals surface area contributed by atoms with Gasteiger partial charge < -0.3 is 16.2 Å². The monoisotopic (exact) mass is 277 g/mol. The van der Waals surface area contributed by atoms with E-state index in [2.05, 4.69) is 10.3 Å². The Balaban J connectivity index is 1.73. The highest BCUT2D eigenvalue weighted by Gasteiger charge is 2.34. The van der Waals surface area contributed by atoms with Gasteiger partial charge in [0.15, 0.2) is 5.13 Å². The first-order valence-corrected chi connectivity index (χ1v) is 7.04. The first kappa shape index (κ1) is 12.4. The van der Waals surface area contributed by atoms with E-state index in [0.29, 0.717) is 17.2 Å². The van der Waals surface area contributed by atoms with Gasteiger partial charge in [-0.25, -0.2) is 4.98 Å². The maximum absolute atomic E-state index is 12.0. The largest absolute Gasteiger partial charge is 0.388 e. The normalized spacial score (nSPS) is 17.1. The second-order valence-electron chi connectivity index (χ2n) is 5.00. The maximum atomic E-state index is 12.0. The SMILES string of the molecule is Nc1nc2ccc(C(=O)NCC3(O)CCC3)cc2s1. The number of benzene rings is 1. The Morgan fingerprint density at radius 1 is 1.53 bits per heavy atom. The smallest absolute Gasteiger partial charge is 0.251 e. The highest BCUT2D eigenvalue weighted by atomic mass is 32.1. The lowest BCUT2D eigenvalue weighted by Gasteiger charge is -2.36. The quantitative estimate of drug-likeness (QED) is 0.793. The minimum Gasteiger partial charge on any atom is -0.388 e. The third-order valence-electron chi connectivity index (χ3n) is 3.53. The summed E-state index contributed by atoms with van der Waals surface area (Å²) >= 11 is 1.36. The molecule has 3 rings (SSSR count). The topological polar surface area (TPSA) is 88.2 Å². The van der Waals surface area contributed by atoms with Crippen molar-refractivity contribution in [1.29, 1.82) is 0 Å². The molecular formula is C13H15N3O2S.